The number of aromatic nitrogens is 2. The molecular formula is C12H15BN2O3. The number of hydrogen-bond donors (Lipinski definition) is 2. The van der Waals surface area contributed by atoms with Crippen LogP contribution in [-0.2, 0) is 4.74 Å². The van der Waals surface area contributed by atoms with Gasteiger partial charge in [-0.3, -0.25) is 0 Å². The SMILES string of the molecule is OB(O)c1ccc2ncn(C3CCCCO3)c2c1. The van der Waals surface area contributed by atoms with Crippen LogP contribution in [0.2, 0.25) is 0 Å². The molecule has 2 N–H and O–H groups in total. The van der Waals surface area contributed by atoms with Crippen LogP contribution in [0.4, 0.5) is 0 Å². The van der Waals surface area contributed by atoms with E-state index in [-0.39, 0.29) is 6.23 Å². The molecule has 0 aliphatic carbocycles. The van der Waals surface area contributed by atoms with E-state index < -0.39 is 7.12 Å². The predicted molar refractivity (Wildman–Crippen MR) is 68.4 cm³/mol. The summed E-state index contributed by atoms with van der Waals surface area (Å²) in [5.41, 5.74) is 2.20. The van der Waals surface area contributed by atoms with Gasteiger partial charge in [-0.15, -0.1) is 0 Å². The van der Waals surface area contributed by atoms with Gasteiger partial charge in [0.05, 0.1) is 17.4 Å². The minimum absolute atomic E-state index is 0.00911. The maximum Gasteiger partial charge on any atom is 0.488 e. The molecule has 2 aromatic rings. The van der Waals surface area contributed by atoms with Gasteiger partial charge in [-0.05, 0) is 36.9 Å². The van der Waals surface area contributed by atoms with Crippen molar-refractivity contribution in [3.63, 3.8) is 0 Å². The molecule has 0 saturated carbocycles. The zero-order valence-corrected chi connectivity index (χ0v) is 9.99. The van der Waals surface area contributed by atoms with Crippen LogP contribution in [0.25, 0.3) is 11.0 Å². The number of nitrogens with zero attached hydrogens (tertiary/aromatic N) is 2. The van der Waals surface area contributed by atoms with E-state index in [0.29, 0.717) is 5.46 Å². The van der Waals surface area contributed by atoms with Gasteiger partial charge in [0.15, 0.2) is 0 Å². The Morgan fingerprint density at radius 3 is 2.94 bits per heavy atom. The van der Waals surface area contributed by atoms with Gasteiger partial charge >= 0.3 is 7.12 Å². The van der Waals surface area contributed by atoms with E-state index in [1.165, 1.54) is 0 Å². The van der Waals surface area contributed by atoms with Crippen LogP contribution >= 0.6 is 0 Å². The normalized spacial score (nSPS) is 20.2. The Bertz CT molecular complexity index is 549. The summed E-state index contributed by atoms with van der Waals surface area (Å²) < 4.78 is 7.70. The Morgan fingerprint density at radius 1 is 1.33 bits per heavy atom. The molecule has 1 atom stereocenters. The standard InChI is InChI=1S/C12H15BN2O3/c16-13(17)9-4-5-10-11(7-9)15(8-14-10)12-3-1-2-6-18-12/h4-5,7-8,12,16-17H,1-3,6H2. The molecule has 1 aliphatic heterocycles. The molecule has 5 nitrogen and oxygen atoms in total. The number of benzene rings is 1. The Labute approximate surface area is 105 Å². The fraction of sp³-hybridized carbons (Fsp3) is 0.417. The summed E-state index contributed by atoms with van der Waals surface area (Å²) in [6.07, 6.45) is 4.98. The number of imidazole rings is 1. The number of ether oxygens (including phenoxy) is 1. The van der Waals surface area contributed by atoms with E-state index in [0.717, 1.165) is 36.9 Å². The molecule has 2 heterocycles. The van der Waals surface area contributed by atoms with Gasteiger partial charge in [-0.25, -0.2) is 4.98 Å². The Morgan fingerprint density at radius 2 is 2.22 bits per heavy atom. The summed E-state index contributed by atoms with van der Waals surface area (Å²) in [5, 5.41) is 18.4. The van der Waals surface area contributed by atoms with E-state index in [4.69, 9.17) is 4.74 Å². The van der Waals surface area contributed by atoms with Crippen molar-refractivity contribution in [2.45, 2.75) is 25.5 Å². The monoisotopic (exact) mass is 246 g/mol. The topological polar surface area (TPSA) is 67.5 Å². The van der Waals surface area contributed by atoms with Gasteiger partial charge in [0.1, 0.15) is 6.23 Å². The van der Waals surface area contributed by atoms with Gasteiger partial charge < -0.3 is 19.4 Å². The van der Waals surface area contributed by atoms with Crippen molar-refractivity contribution in [2.75, 3.05) is 6.61 Å². The van der Waals surface area contributed by atoms with Crippen LogP contribution in [-0.4, -0.2) is 33.3 Å². The first kappa shape index (κ1) is 11.7. The molecular weight excluding hydrogens is 231 g/mol. The average Bonchev–Trinajstić information content (AvgIpc) is 2.82. The maximum atomic E-state index is 9.22. The molecule has 94 valence electrons. The Balaban J connectivity index is 2.03. The molecule has 1 unspecified atom stereocenters. The van der Waals surface area contributed by atoms with Crippen molar-refractivity contribution in [1.82, 2.24) is 9.55 Å². The van der Waals surface area contributed by atoms with Crippen molar-refractivity contribution in [3.05, 3.63) is 24.5 Å². The lowest BCUT2D eigenvalue weighted by molar-refractivity contribution is -0.0295. The van der Waals surface area contributed by atoms with Crippen molar-refractivity contribution in [3.8, 4) is 0 Å². The smallest absolute Gasteiger partial charge is 0.423 e. The van der Waals surface area contributed by atoms with Crippen LogP contribution in [0.1, 0.15) is 25.5 Å². The average molecular weight is 246 g/mol. The first-order valence-corrected chi connectivity index (χ1v) is 6.20. The largest absolute Gasteiger partial charge is 0.488 e. The van der Waals surface area contributed by atoms with Gasteiger partial charge in [0, 0.05) is 6.61 Å². The molecule has 6 heteroatoms. The molecule has 1 aromatic carbocycles. The lowest BCUT2D eigenvalue weighted by atomic mass is 9.80. The quantitative estimate of drug-likeness (QED) is 0.753. The van der Waals surface area contributed by atoms with E-state index >= 15 is 0 Å². The minimum atomic E-state index is -1.45. The van der Waals surface area contributed by atoms with Crippen LogP contribution in [0.3, 0.4) is 0 Å². The second-order valence-corrected chi connectivity index (χ2v) is 4.59. The molecule has 1 fully saturated rings. The molecule has 3 rings (SSSR count). The molecule has 0 radical (unpaired) electrons. The van der Waals surface area contributed by atoms with Crippen molar-refractivity contribution < 1.29 is 14.8 Å². The summed E-state index contributed by atoms with van der Waals surface area (Å²) in [7, 11) is -1.45. The second kappa shape index (κ2) is 4.72. The fourth-order valence-corrected chi connectivity index (χ4v) is 2.38. The zero-order chi connectivity index (χ0) is 12.5. The lowest BCUT2D eigenvalue weighted by Gasteiger charge is -2.24. The second-order valence-electron chi connectivity index (χ2n) is 4.59. The van der Waals surface area contributed by atoms with Gasteiger partial charge in [0.25, 0.3) is 0 Å². The maximum absolute atomic E-state index is 9.22. The van der Waals surface area contributed by atoms with Crippen molar-refractivity contribution in [1.29, 1.82) is 0 Å². The number of hydrogen-bond acceptors (Lipinski definition) is 4. The summed E-state index contributed by atoms with van der Waals surface area (Å²) in [5.74, 6) is 0. The number of fused-ring (bicyclic) bond motifs is 1. The van der Waals surface area contributed by atoms with Crippen molar-refractivity contribution in [2.24, 2.45) is 0 Å². The molecule has 1 saturated heterocycles. The highest BCUT2D eigenvalue weighted by Gasteiger charge is 2.19. The highest BCUT2D eigenvalue weighted by Crippen LogP contribution is 2.25. The first-order chi connectivity index (χ1) is 8.75. The molecule has 0 bridgehead atoms. The first-order valence-electron chi connectivity index (χ1n) is 6.20. The van der Waals surface area contributed by atoms with E-state index in [1.54, 1.807) is 24.5 Å². The van der Waals surface area contributed by atoms with Crippen molar-refractivity contribution >= 4 is 23.6 Å². The molecule has 1 aliphatic rings. The predicted octanol–water partition coefficient (Wildman–Crippen LogP) is 0.415. The van der Waals surface area contributed by atoms with Crippen LogP contribution < -0.4 is 5.46 Å². The van der Waals surface area contributed by atoms with Crippen LogP contribution in [0, 0.1) is 0 Å². The lowest BCUT2D eigenvalue weighted by Crippen LogP contribution is -2.29. The highest BCUT2D eigenvalue weighted by molar-refractivity contribution is 6.58. The summed E-state index contributed by atoms with van der Waals surface area (Å²) in [6, 6.07) is 5.22. The minimum Gasteiger partial charge on any atom is -0.423 e. The molecule has 0 spiro atoms. The molecule has 0 amide bonds. The number of rotatable bonds is 2. The fourth-order valence-electron chi connectivity index (χ4n) is 2.38. The summed E-state index contributed by atoms with van der Waals surface area (Å²) in [6.45, 7) is 0.770. The highest BCUT2D eigenvalue weighted by atomic mass is 16.5. The van der Waals surface area contributed by atoms with Crippen LogP contribution in [0.15, 0.2) is 24.5 Å². The van der Waals surface area contributed by atoms with E-state index in [2.05, 4.69) is 4.98 Å². The summed E-state index contributed by atoms with van der Waals surface area (Å²) in [4.78, 5) is 4.31. The van der Waals surface area contributed by atoms with E-state index in [9.17, 15) is 10.0 Å². The summed E-state index contributed by atoms with van der Waals surface area (Å²) >= 11 is 0. The Hall–Kier alpha value is -1.37. The van der Waals surface area contributed by atoms with Gasteiger partial charge in [0.2, 0.25) is 0 Å². The third kappa shape index (κ3) is 2.03. The van der Waals surface area contributed by atoms with E-state index in [1.807, 2.05) is 4.57 Å². The van der Waals surface area contributed by atoms with Gasteiger partial charge in [-0.2, -0.15) is 0 Å². The van der Waals surface area contributed by atoms with Gasteiger partial charge in [-0.1, -0.05) is 6.07 Å². The zero-order valence-electron chi connectivity index (χ0n) is 9.99. The molecule has 1 aromatic heterocycles. The third-order valence-electron chi connectivity index (χ3n) is 3.36. The Kier molecular flexibility index (Phi) is 3.07. The van der Waals surface area contributed by atoms with Crippen LogP contribution in [0.5, 0.6) is 0 Å². The molecule has 18 heavy (non-hydrogen) atoms. The third-order valence-corrected chi connectivity index (χ3v) is 3.36.